The highest BCUT2D eigenvalue weighted by Crippen LogP contribution is 2.28. The van der Waals surface area contributed by atoms with E-state index in [4.69, 9.17) is 14.5 Å². The van der Waals surface area contributed by atoms with Crippen molar-refractivity contribution in [2.75, 3.05) is 18.5 Å². The molecule has 2 aliphatic rings. The summed E-state index contributed by atoms with van der Waals surface area (Å²) in [5, 5.41) is 17.9. The number of aromatic nitrogens is 1. The summed E-state index contributed by atoms with van der Waals surface area (Å²) in [4.78, 5) is 17.6. The topological polar surface area (TPSA) is 92.7 Å². The largest absolute Gasteiger partial charge is 0.491 e. The van der Waals surface area contributed by atoms with Crippen LogP contribution in [-0.2, 0) is 11.3 Å². The molecule has 1 amide bonds. The lowest BCUT2D eigenvalue weighted by Gasteiger charge is -2.33. The number of ether oxygens (including phenoxy) is 2. The number of rotatable bonds is 8. The van der Waals surface area contributed by atoms with Crippen molar-refractivity contribution in [3.63, 3.8) is 0 Å². The number of nitrogens with zero attached hydrogens (tertiary/aromatic N) is 1. The fourth-order valence-electron chi connectivity index (χ4n) is 5.19. The van der Waals surface area contributed by atoms with Crippen molar-refractivity contribution >= 4 is 22.5 Å². The summed E-state index contributed by atoms with van der Waals surface area (Å²) in [6, 6.07) is 13.7. The lowest BCUT2D eigenvalue weighted by atomic mass is 9.83. The van der Waals surface area contributed by atoms with E-state index in [0.29, 0.717) is 18.2 Å². The predicted octanol–water partition coefficient (Wildman–Crippen LogP) is 5.14. The Bertz CT molecular complexity index is 1230. The van der Waals surface area contributed by atoms with Gasteiger partial charge in [0.15, 0.2) is 0 Å². The lowest BCUT2D eigenvalue weighted by Crippen LogP contribution is -2.39. The van der Waals surface area contributed by atoms with Gasteiger partial charge in [-0.15, -0.1) is 0 Å². The maximum atomic E-state index is 12.9. The first-order chi connectivity index (χ1) is 17.9. The summed E-state index contributed by atoms with van der Waals surface area (Å²) in [5.74, 6) is 0.569. The molecule has 2 aromatic carbocycles. The van der Waals surface area contributed by atoms with E-state index in [2.05, 4.69) is 16.7 Å². The molecule has 1 aromatic heterocycles. The molecule has 3 aromatic rings. The molecule has 7 nitrogen and oxygen atoms in total. The van der Waals surface area contributed by atoms with Crippen LogP contribution in [0.4, 0.5) is 5.69 Å². The van der Waals surface area contributed by atoms with Crippen LogP contribution in [0.3, 0.4) is 0 Å². The Morgan fingerprint density at radius 2 is 1.95 bits per heavy atom. The Morgan fingerprint density at radius 3 is 2.68 bits per heavy atom. The number of fused-ring (bicyclic) bond motifs is 1. The van der Waals surface area contributed by atoms with E-state index in [1.807, 2.05) is 44.3 Å². The number of carbonyl (C=O) groups excluding carboxylic acids is 1. The quantitative estimate of drug-likeness (QED) is 0.394. The zero-order chi connectivity index (χ0) is 25.8. The average molecular weight is 504 g/mol. The third-order valence-corrected chi connectivity index (χ3v) is 7.64. The molecular formula is C30H37N3O4. The van der Waals surface area contributed by atoms with Crippen molar-refractivity contribution in [2.45, 2.75) is 76.7 Å². The van der Waals surface area contributed by atoms with Gasteiger partial charge in [-0.05, 0) is 99.9 Å². The number of benzene rings is 2. The molecule has 1 unspecified atom stereocenters. The van der Waals surface area contributed by atoms with E-state index in [9.17, 15) is 9.90 Å². The number of amides is 1. The molecule has 2 heterocycles. The van der Waals surface area contributed by atoms with Gasteiger partial charge in [0.2, 0.25) is 0 Å². The second-order valence-electron chi connectivity index (χ2n) is 10.7. The van der Waals surface area contributed by atoms with Crippen molar-refractivity contribution in [2.24, 2.45) is 0 Å². The lowest BCUT2D eigenvalue weighted by molar-refractivity contribution is 0.0140. The molecule has 0 spiro atoms. The average Bonchev–Trinajstić information content (AvgIpc) is 3.42. The fraction of sp³-hybridized carbons (Fsp3) is 0.467. The van der Waals surface area contributed by atoms with Crippen LogP contribution >= 0.6 is 0 Å². The van der Waals surface area contributed by atoms with Gasteiger partial charge >= 0.3 is 0 Å². The molecule has 3 N–H and O–H groups in total. The van der Waals surface area contributed by atoms with Gasteiger partial charge in [-0.2, -0.15) is 0 Å². The summed E-state index contributed by atoms with van der Waals surface area (Å²) >= 11 is 0. The summed E-state index contributed by atoms with van der Waals surface area (Å²) in [5.41, 5.74) is 3.76. The maximum absolute atomic E-state index is 12.9. The molecule has 196 valence electrons. The third kappa shape index (κ3) is 6.47. The number of aryl methyl sites for hydroxylation is 1. The standard InChI is InChI=1S/C30H37N3O4/c1-20-27(33-29(34)22-5-8-25(9-6-22)37-19-26-4-3-15-36-26)10-7-23-16-21(18-32-28(20)23)17-31-24-11-13-30(2,35)14-12-24/h5-10,16,18,24,26,31,35H,3-4,11-15,17,19H2,1-2H3,(H,33,34). The molecule has 1 saturated carbocycles. The number of aliphatic hydroxyl groups is 1. The fourth-order valence-corrected chi connectivity index (χ4v) is 5.19. The van der Waals surface area contributed by atoms with Crippen LogP contribution < -0.4 is 15.4 Å². The van der Waals surface area contributed by atoms with Crippen LogP contribution in [0.1, 0.15) is 66.9 Å². The molecule has 1 atom stereocenters. The van der Waals surface area contributed by atoms with Gasteiger partial charge in [0, 0.05) is 42.0 Å². The summed E-state index contributed by atoms with van der Waals surface area (Å²) in [7, 11) is 0. The zero-order valence-corrected chi connectivity index (χ0v) is 21.8. The van der Waals surface area contributed by atoms with Crippen molar-refractivity contribution in [1.82, 2.24) is 10.3 Å². The summed E-state index contributed by atoms with van der Waals surface area (Å²) in [6.07, 6.45) is 7.83. The van der Waals surface area contributed by atoms with E-state index >= 15 is 0 Å². The summed E-state index contributed by atoms with van der Waals surface area (Å²) < 4.78 is 11.4. The minimum atomic E-state index is -0.518. The first kappa shape index (κ1) is 25.6. The predicted molar refractivity (Wildman–Crippen MR) is 145 cm³/mol. The van der Waals surface area contributed by atoms with Gasteiger partial charge in [0.05, 0.1) is 17.2 Å². The number of anilines is 1. The minimum absolute atomic E-state index is 0.162. The molecule has 1 saturated heterocycles. The molecule has 5 rings (SSSR count). The van der Waals surface area contributed by atoms with E-state index in [1.165, 1.54) is 0 Å². The molecule has 2 fully saturated rings. The number of carbonyl (C=O) groups is 1. The van der Waals surface area contributed by atoms with Gasteiger partial charge in [0.1, 0.15) is 12.4 Å². The second-order valence-corrected chi connectivity index (χ2v) is 10.7. The molecule has 37 heavy (non-hydrogen) atoms. The van der Waals surface area contributed by atoms with Gasteiger partial charge in [-0.25, -0.2) is 0 Å². The van der Waals surface area contributed by atoms with Crippen LogP contribution in [0.15, 0.2) is 48.7 Å². The molecular weight excluding hydrogens is 466 g/mol. The molecule has 1 aliphatic heterocycles. The molecule has 1 aliphatic carbocycles. The number of hydrogen-bond donors (Lipinski definition) is 3. The second kappa shape index (κ2) is 11.2. The first-order valence-corrected chi connectivity index (χ1v) is 13.4. The number of hydrogen-bond acceptors (Lipinski definition) is 6. The minimum Gasteiger partial charge on any atom is -0.491 e. The first-order valence-electron chi connectivity index (χ1n) is 13.4. The van der Waals surface area contributed by atoms with Crippen molar-refractivity contribution < 1.29 is 19.4 Å². The van der Waals surface area contributed by atoms with E-state index < -0.39 is 5.60 Å². The molecule has 0 bridgehead atoms. The molecule has 0 radical (unpaired) electrons. The van der Waals surface area contributed by atoms with Crippen molar-refractivity contribution in [3.05, 3.63) is 65.4 Å². The van der Waals surface area contributed by atoms with Gasteiger partial charge < -0.3 is 25.2 Å². The molecule has 7 heteroatoms. The Hall–Kier alpha value is -3.00. The monoisotopic (exact) mass is 503 g/mol. The Morgan fingerprint density at radius 1 is 1.16 bits per heavy atom. The maximum Gasteiger partial charge on any atom is 0.255 e. The van der Waals surface area contributed by atoms with Crippen LogP contribution in [0.2, 0.25) is 0 Å². The summed E-state index contributed by atoms with van der Waals surface area (Å²) in [6.45, 7) is 6.01. The van der Waals surface area contributed by atoms with Crippen molar-refractivity contribution in [3.8, 4) is 5.75 Å². The van der Waals surface area contributed by atoms with Crippen molar-refractivity contribution in [1.29, 1.82) is 0 Å². The Kier molecular flexibility index (Phi) is 7.74. The van der Waals surface area contributed by atoms with Gasteiger partial charge in [-0.1, -0.05) is 6.07 Å². The van der Waals surface area contributed by atoms with E-state index in [1.54, 1.807) is 12.1 Å². The Balaban J connectivity index is 1.18. The Labute approximate surface area is 218 Å². The SMILES string of the molecule is Cc1c(NC(=O)c2ccc(OCC3CCCO3)cc2)ccc2cc(CNC3CCC(C)(O)CC3)cnc12. The van der Waals surface area contributed by atoms with Gasteiger partial charge in [0.25, 0.3) is 5.91 Å². The highest BCUT2D eigenvalue weighted by atomic mass is 16.5. The highest BCUT2D eigenvalue weighted by molar-refractivity contribution is 6.06. The van der Waals surface area contributed by atoms with Gasteiger partial charge in [-0.3, -0.25) is 9.78 Å². The third-order valence-electron chi connectivity index (χ3n) is 7.64. The normalized spacial score (nSPS) is 23.8. The number of nitrogens with one attached hydrogen (secondary N) is 2. The van der Waals surface area contributed by atoms with Crippen LogP contribution in [0.25, 0.3) is 10.9 Å². The zero-order valence-electron chi connectivity index (χ0n) is 21.8. The smallest absolute Gasteiger partial charge is 0.255 e. The van der Waals surface area contributed by atoms with Crippen LogP contribution in [0.5, 0.6) is 5.75 Å². The van der Waals surface area contributed by atoms with E-state index in [0.717, 1.165) is 85.1 Å². The number of pyridine rings is 1. The van der Waals surface area contributed by atoms with Crippen LogP contribution in [0, 0.1) is 6.92 Å². The van der Waals surface area contributed by atoms with Crippen LogP contribution in [-0.4, -0.2) is 47.0 Å². The highest BCUT2D eigenvalue weighted by Gasteiger charge is 2.28. The van der Waals surface area contributed by atoms with E-state index in [-0.39, 0.29) is 12.0 Å².